The number of benzene rings is 2. The molecule has 2 heterocycles. The summed E-state index contributed by atoms with van der Waals surface area (Å²) in [4.78, 5) is 26.7. The highest BCUT2D eigenvalue weighted by Crippen LogP contribution is 2.76. The molecule has 5 aliphatic rings. The van der Waals surface area contributed by atoms with E-state index in [2.05, 4.69) is 5.10 Å². The minimum absolute atomic E-state index is 0.0600. The lowest BCUT2D eigenvalue weighted by Gasteiger charge is -2.70. The van der Waals surface area contributed by atoms with E-state index in [4.69, 9.17) is 0 Å². The zero-order valence-corrected chi connectivity index (χ0v) is 20.9. The smallest absolute Gasteiger partial charge is 0.306 e. The quantitative estimate of drug-likeness (QED) is 0.277. The van der Waals surface area contributed by atoms with Gasteiger partial charge in [0.15, 0.2) is 0 Å². The summed E-state index contributed by atoms with van der Waals surface area (Å²) in [6.45, 7) is 0.279. The number of halogens is 4. The molecule has 3 aliphatic carbocycles. The van der Waals surface area contributed by atoms with Crippen LogP contribution in [0.15, 0.2) is 47.6 Å². The number of hydrogen-bond acceptors (Lipinski definition) is 3. The predicted octanol–water partition coefficient (Wildman–Crippen LogP) is 6.48. The summed E-state index contributed by atoms with van der Waals surface area (Å²) in [7, 11) is 0. The first kappa shape index (κ1) is 25.1. The van der Waals surface area contributed by atoms with Gasteiger partial charge in [-0.15, -0.1) is 0 Å². The van der Waals surface area contributed by atoms with Crippen molar-refractivity contribution in [3.05, 3.63) is 65.2 Å². The number of hydrogen-bond donors (Lipinski definition) is 0. The van der Waals surface area contributed by atoms with Gasteiger partial charge in [0.25, 0.3) is 0 Å². The Morgan fingerprint density at radius 2 is 1.66 bits per heavy atom. The van der Waals surface area contributed by atoms with Crippen LogP contribution < -0.4 is 4.90 Å². The third-order valence-corrected chi connectivity index (χ3v) is 8.79. The summed E-state index contributed by atoms with van der Waals surface area (Å²) in [6.07, 6.45) is 8.91. The predicted molar refractivity (Wildman–Crippen MR) is 134 cm³/mol. The zero-order chi connectivity index (χ0) is 26.7. The molecule has 0 N–H and O–H groups in total. The van der Waals surface area contributed by atoms with E-state index in [0.717, 1.165) is 51.0 Å². The second-order valence-corrected chi connectivity index (χ2v) is 11.4. The molecular formula is C29H29F4N3O2. The van der Waals surface area contributed by atoms with Gasteiger partial charge in [-0.05, 0) is 61.3 Å². The van der Waals surface area contributed by atoms with E-state index in [-0.39, 0.29) is 23.4 Å². The molecule has 38 heavy (non-hydrogen) atoms. The molecule has 3 fully saturated rings. The maximum absolute atomic E-state index is 14.3. The van der Waals surface area contributed by atoms with Gasteiger partial charge in [0.05, 0.1) is 22.7 Å². The first-order chi connectivity index (χ1) is 18.1. The van der Waals surface area contributed by atoms with Gasteiger partial charge in [-0.25, -0.2) is 13.8 Å². The van der Waals surface area contributed by atoms with Crippen molar-refractivity contribution in [1.29, 1.82) is 0 Å². The third kappa shape index (κ3) is 3.93. The molecule has 2 aliphatic heterocycles. The Morgan fingerprint density at radius 1 is 0.974 bits per heavy atom. The Morgan fingerprint density at radius 3 is 2.39 bits per heavy atom. The van der Waals surface area contributed by atoms with Crippen LogP contribution in [-0.4, -0.2) is 29.6 Å². The van der Waals surface area contributed by atoms with Crippen LogP contribution in [0, 0.1) is 22.5 Å². The summed E-state index contributed by atoms with van der Waals surface area (Å²) >= 11 is 0. The average Bonchev–Trinajstić information content (AvgIpc) is 3.39. The first-order valence-corrected chi connectivity index (χ1v) is 13.3. The summed E-state index contributed by atoms with van der Waals surface area (Å²) < 4.78 is 56.0. The Balaban J connectivity index is 0.949. The number of rotatable bonds is 9. The van der Waals surface area contributed by atoms with Gasteiger partial charge in [0.1, 0.15) is 11.6 Å². The van der Waals surface area contributed by atoms with E-state index in [1.807, 2.05) is 0 Å². The summed E-state index contributed by atoms with van der Waals surface area (Å²) in [5.41, 5.74) is 0.258. The number of para-hydroxylation sites is 1. The topological polar surface area (TPSA) is 53.0 Å². The van der Waals surface area contributed by atoms with Gasteiger partial charge >= 0.3 is 11.8 Å². The molecule has 2 bridgehead atoms. The van der Waals surface area contributed by atoms with Gasteiger partial charge in [-0.3, -0.25) is 9.59 Å². The molecule has 0 spiro atoms. The van der Waals surface area contributed by atoms with Crippen molar-refractivity contribution in [2.75, 3.05) is 11.4 Å². The fourth-order valence-electron chi connectivity index (χ4n) is 7.10. The number of anilines is 1. The van der Waals surface area contributed by atoms with Crippen LogP contribution in [-0.2, 0) is 15.5 Å². The number of hydrazone groups is 1. The molecule has 0 saturated heterocycles. The van der Waals surface area contributed by atoms with Crippen LogP contribution in [0.2, 0.25) is 0 Å². The highest BCUT2D eigenvalue weighted by molar-refractivity contribution is 6.05. The molecule has 3 saturated carbocycles. The molecule has 2 aromatic rings. The van der Waals surface area contributed by atoms with Gasteiger partial charge < -0.3 is 4.90 Å². The molecular weight excluding hydrogens is 498 g/mol. The standard InChI is InChI=1S/C29H29F4N3O2/c30-20-13-19(14-21(31)15-20)23-9-11-34-36(23)25(37)28-16-27(17-28,18-28)10-5-1-2-6-12-35-24-8-4-3-7-22(24)29(32,33)26(35)38/h3-4,7-8,11,13-15,23H,1-2,5-6,9-10,12,16-18H2. The number of fused-ring (bicyclic) bond motifs is 1. The Labute approximate surface area is 218 Å². The number of amides is 2. The number of nitrogens with zero attached hydrogens (tertiary/aromatic N) is 3. The molecule has 2 aromatic carbocycles. The first-order valence-electron chi connectivity index (χ1n) is 13.3. The van der Waals surface area contributed by atoms with Crippen molar-refractivity contribution in [2.24, 2.45) is 15.9 Å². The van der Waals surface area contributed by atoms with Gasteiger partial charge in [-0.2, -0.15) is 13.9 Å². The highest BCUT2D eigenvalue weighted by Gasteiger charge is 2.71. The fourth-order valence-corrected chi connectivity index (χ4v) is 7.10. The fraction of sp³-hybridized carbons (Fsp3) is 0.483. The zero-order valence-electron chi connectivity index (χ0n) is 20.9. The second-order valence-electron chi connectivity index (χ2n) is 11.4. The molecule has 5 nitrogen and oxygen atoms in total. The lowest BCUT2D eigenvalue weighted by Crippen LogP contribution is -2.67. The van der Waals surface area contributed by atoms with Crippen molar-refractivity contribution < 1.29 is 27.2 Å². The molecule has 0 aromatic heterocycles. The highest BCUT2D eigenvalue weighted by atomic mass is 19.3. The molecule has 7 rings (SSSR count). The summed E-state index contributed by atoms with van der Waals surface area (Å²) in [5.74, 6) is -6.00. The molecule has 2 amide bonds. The maximum Gasteiger partial charge on any atom is 0.352 e. The molecule has 0 radical (unpaired) electrons. The Hall–Kier alpha value is -3.23. The summed E-state index contributed by atoms with van der Waals surface area (Å²) in [6, 6.07) is 8.93. The van der Waals surface area contributed by atoms with Crippen molar-refractivity contribution in [2.45, 2.75) is 69.8 Å². The minimum Gasteiger partial charge on any atom is -0.306 e. The van der Waals surface area contributed by atoms with E-state index in [1.54, 1.807) is 18.3 Å². The third-order valence-electron chi connectivity index (χ3n) is 8.79. The second kappa shape index (κ2) is 8.92. The monoisotopic (exact) mass is 527 g/mol. The van der Waals surface area contributed by atoms with Gasteiger partial charge in [0, 0.05) is 25.2 Å². The number of alkyl halides is 2. The van der Waals surface area contributed by atoms with Crippen molar-refractivity contribution in [1.82, 2.24) is 5.01 Å². The van der Waals surface area contributed by atoms with Gasteiger partial charge in [-0.1, -0.05) is 37.5 Å². The van der Waals surface area contributed by atoms with Crippen molar-refractivity contribution in [3.63, 3.8) is 0 Å². The van der Waals surface area contributed by atoms with Crippen LogP contribution in [0.5, 0.6) is 0 Å². The normalized spacial score (nSPS) is 28.3. The Bertz CT molecular complexity index is 1290. The minimum atomic E-state index is -3.46. The molecule has 1 atom stereocenters. The maximum atomic E-state index is 14.3. The van der Waals surface area contributed by atoms with E-state index in [9.17, 15) is 27.2 Å². The average molecular weight is 528 g/mol. The van der Waals surface area contributed by atoms with E-state index in [0.29, 0.717) is 24.1 Å². The Kier molecular flexibility index (Phi) is 5.88. The van der Waals surface area contributed by atoms with Crippen molar-refractivity contribution >= 4 is 23.7 Å². The molecule has 1 unspecified atom stereocenters. The molecule has 200 valence electrons. The van der Waals surface area contributed by atoms with E-state index in [1.165, 1.54) is 34.2 Å². The number of carbonyl (C=O) groups is 2. The van der Waals surface area contributed by atoms with Crippen LogP contribution in [0.4, 0.5) is 23.2 Å². The van der Waals surface area contributed by atoms with Crippen LogP contribution in [0.1, 0.15) is 75.0 Å². The van der Waals surface area contributed by atoms with Gasteiger partial charge in [0.2, 0.25) is 5.91 Å². The molecule has 9 heteroatoms. The number of unbranched alkanes of at least 4 members (excludes halogenated alkanes) is 3. The largest absolute Gasteiger partial charge is 0.352 e. The van der Waals surface area contributed by atoms with E-state index < -0.39 is 34.9 Å². The number of carbonyl (C=O) groups excluding carboxylic acids is 2. The van der Waals surface area contributed by atoms with Crippen LogP contribution in [0.25, 0.3) is 0 Å². The van der Waals surface area contributed by atoms with Crippen molar-refractivity contribution in [3.8, 4) is 0 Å². The lowest BCUT2D eigenvalue weighted by atomic mass is 9.33. The van der Waals surface area contributed by atoms with Crippen LogP contribution in [0.3, 0.4) is 0 Å². The van der Waals surface area contributed by atoms with Crippen LogP contribution >= 0.6 is 0 Å². The van der Waals surface area contributed by atoms with E-state index >= 15 is 0 Å². The SMILES string of the molecule is O=C(N1N=CCC1c1cc(F)cc(F)c1)C12CC(CCCCCCN3C(=O)C(F)(F)c4ccccc43)(C1)C2. The summed E-state index contributed by atoms with van der Waals surface area (Å²) in [5, 5.41) is 5.66. The lowest BCUT2D eigenvalue weighted by molar-refractivity contribution is -0.220.